The molecule has 1 aliphatic rings. The Bertz CT molecular complexity index is 532. The summed E-state index contributed by atoms with van der Waals surface area (Å²) in [5, 5.41) is 0. The Morgan fingerprint density at radius 3 is 2.08 bits per heavy atom. The fraction of sp³-hybridized carbons (Fsp3) is 0.611. The molecule has 0 atom stereocenters. The van der Waals surface area contributed by atoms with Crippen molar-refractivity contribution in [2.45, 2.75) is 12.8 Å². The lowest BCUT2D eigenvalue weighted by molar-refractivity contribution is 0.0744. The van der Waals surface area contributed by atoms with Gasteiger partial charge in [0.05, 0.1) is 0 Å². The van der Waals surface area contributed by atoms with Crippen LogP contribution in [0, 0.1) is 0 Å². The number of ether oxygens (including phenoxy) is 2. The maximum atomic E-state index is 12.9. The zero-order chi connectivity index (χ0) is 17.5. The first-order chi connectivity index (χ1) is 11.5. The van der Waals surface area contributed by atoms with Crippen LogP contribution in [0.4, 0.5) is 0 Å². The summed E-state index contributed by atoms with van der Waals surface area (Å²) < 4.78 is 10.7. The van der Waals surface area contributed by atoms with Crippen molar-refractivity contribution in [3.63, 3.8) is 0 Å². The van der Waals surface area contributed by atoms with Crippen molar-refractivity contribution in [2.24, 2.45) is 0 Å². The Morgan fingerprint density at radius 2 is 1.50 bits per heavy atom. The highest BCUT2D eigenvalue weighted by atomic mass is 16.7. The third kappa shape index (κ3) is 5.39. The van der Waals surface area contributed by atoms with Gasteiger partial charge in [-0.25, -0.2) is 0 Å². The standard InChI is InChI=1S/C18H29N3O3/c1-19(2)9-5-11-21(12-6-10-20(3)4)18(22)15-7-8-16-17(13-15)24-14-23-16/h7-8,13H,5-6,9-12,14H2,1-4H3. The lowest BCUT2D eigenvalue weighted by atomic mass is 10.1. The lowest BCUT2D eigenvalue weighted by Crippen LogP contribution is -2.35. The topological polar surface area (TPSA) is 45.2 Å². The average Bonchev–Trinajstić information content (AvgIpc) is 2.99. The Labute approximate surface area is 144 Å². The van der Waals surface area contributed by atoms with Gasteiger partial charge in [-0.05, 0) is 72.3 Å². The molecule has 0 spiro atoms. The molecule has 0 aliphatic carbocycles. The first-order valence-electron chi connectivity index (χ1n) is 8.46. The second-order valence-electron chi connectivity index (χ2n) is 6.67. The Morgan fingerprint density at radius 1 is 0.917 bits per heavy atom. The van der Waals surface area contributed by atoms with Gasteiger partial charge >= 0.3 is 0 Å². The highest BCUT2D eigenvalue weighted by Gasteiger charge is 2.20. The molecule has 0 saturated heterocycles. The predicted molar refractivity (Wildman–Crippen MR) is 94.8 cm³/mol. The van der Waals surface area contributed by atoms with Crippen LogP contribution in [0.1, 0.15) is 23.2 Å². The summed E-state index contributed by atoms with van der Waals surface area (Å²) in [5.74, 6) is 1.42. The quantitative estimate of drug-likeness (QED) is 0.688. The molecule has 1 aliphatic heterocycles. The second kappa shape index (κ2) is 8.89. The average molecular weight is 335 g/mol. The van der Waals surface area contributed by atoms with E-state index in [4.69, 9.17) is 9.47 Å². The molecule has 134 valence electrons. The molecule has 6 heteroatoms. The van der Waals surface area contributed by atoms with Gasteiger partial charge < -0.3 is 24.2 Å². The number of nitrogens with zero attached hydrogens (tertiary/aromatic N) is 3. The molecule has 1 heterocycles. The molecule has 0 N–H and O–H groups in total. The maximum absolute atomic E-state index is 12.9. The summed E-state index contributed by atoms with van der Waals surface area (Å²) >= 11 is 0. The minimum absolute atomic E-state index is 0.0609. The predicted octanol–water partition coefficient (Wildman–Crippen LogP) is 1.76. The van der Waals surface area contributed by atoms with E-state index in [9.17, 15) is 4.79 Å². The summed E-state index contributed by atoms with van der Waals surface area (Å²) in [4.78, 5) is 19.1. The van der Waals surface area contributed by atoms with E-state index in [-0.39, 0.29) is 12.7 Å². The summed E-state index contributed by atoms with van der Waals surface area (Å²) in [6.07, 6.45) is 1.93. The largest absolute Gasteiger partial charge is 0.454 e. The third-order valence-electron chi connectivity index (χ3n) is 3.97. The van der Waals surface area contributed by atoms with E-state index < -0.39 is 0 Å². The van der Waals surface area contributed by atoms with Gasteiger partial charge in [0.15, 0.2) is 11.5 Å². The zero-order valence-electron chi connectivity index (χ0n) is 15.2. The second-order valence-corrected chi connectivity index (χ2v) is 6.67. The summed E-state index contributed by atoms with van der Waals surface area (Å²) in [7, 11) is 8.21. The van der Waals surface area contributed by atoms with E-state index in [0.29, 0.717) is 17.1 Å². The summed E-state index contributed by atoms with van der Waals surface area (Å²) in [6.45, 7) is 3.69. The molecule has 24 heavy (non-hydrogen) atoms. The van der Waals surface area contributed by atoms with Gasteiger partial charge in [0, 0.05) is 18.7 Å². The van der Waals surface area contributed by atoms with E-state index in [1.165, 1.54) is 0 Å². The van der Waals surface area contributed by atoms with Gasteiger partial charge in [0.25, 0.3) is 5.91 Å². The molecule has 0 bridgehead atoms. The number of rotatable bonds is 9. The number of amides is 1. The molecule has 0 unspecified atom stereocenters. The van der Waals surface area contributed by atoms with Crippen molar-refractivity contribution in [3.05, 3.63) is 23.8 Å². The molecule has 0 fully saturated rings. The van der Waals surface area contributed by atoms with Gasteiger partial charge in [-0.2, -0.15) is 0 Å². The molecule has 1 amide bonds. The summed E-state index contributed by atoms with van der Waals surface area (Å²) in [6, 6.07) is 5.42. The molecule has 0 saturated carbocycles. The fourth-order valence-corrected chi connectivity index (χ4v) is 2.68. The number of carbonyl (C=O) groups is 1. The van der Waals surface area contributed by atoms with Crippen LogP contribution in [0.3, 0.4) is 0 Å². The molecule has 1 aromatic rings. The number of benzene rings is 1. The van der Waals surface area contributed by atoms with Crippen LogP contribution in [-0.2, 0) is 0 Å². The monoisotopic (exact) mass is 335 g/mol. The van der Waals surface area contributed by atoms with Gasteiger partial charge in [-0.15, -0.1) is 0 Å². The van der Waals surface area contributed by atoms with E-state index in [0.717, 1.165) is 39.0 Å². The Balaban J connectivity index is 2.01. The van der Waals surface area contributed by atoms with Crippen LogP contribution in [0.5, 0.6) is 11.5 Å². The molecule has 0 aromatic heterocycles. The van der Waals surface area contributed by atoms with Crippen molar-refractivity contribution in [3.8, 4) is 11.5 Å². The van der Waals surface area contributed by atoms with Crippen LogP contribution in [0.15, 0.2) is 18.2 Å². The van der Waals surface area contributed by atoms with Crippen LogP contribution in [0.2, 0.25) is 0 Å². The molecule has 1 aromatic carbocycles. The molecule has 2 rings (SSSR count). The number of fused-ring (bicyclic) bond motifs is 1. The Kier molecular flexibility index (Phi) is 6.87. The van der Waals surface area contributed by atoms with Gasteiger partial charge in [-0.3, -0.25) is 4.79 Å². The van der Waals surface area contributed by atoms with Crippen LogP contribution in [-0.4, -0.2) is 81.8 Å². The van der Waals surface area contributed by atoms with Crippen LogP contribution < -0.4 is 9.47 Å². The highest BCUT2D eigenvalue weighted by Crippen LogP contribution is 2.32. The first kappa shape index (κ1) is 18.5. The van der Waals surface area contributed by atoms with E-state index in [1.54, 1.807) is 6.07 Å². The lowest BCUT2D eigenvalue weighted by Gasteiger charge is -2.24. The number of hydrogen-bond donors (Lipinski definition) is 0. The SMILES string of the molecule is CN(C)CCCN(CCCN(C)C)C(=O)c1ccc2c(c1)OCO2. The Hall–Kier alpha value is -1.79. The van der Waals surface area contributed by atoms with E-state index >= 15 is 0 Å². The van der Waals surface area contributed by atoms with Crippen molar-refractivity contribution in [2.75, 3.05) is 61.2 Å². The minimum atomic E-state index is 0.0609. The fourth-order valence-electron chi connectivity index (χ4n) is 2.68. The highest BCUT2D eigenvalue weighted by molar-refractivity contribution is 5.95. The number of hydrogen-bond acceptors (Lipinski definition) is 5. The van der Waals surface area contributed by atoms with Gasteiger partial charge in [0.1, 0.15) is 0 Å². The normalized spacial score (nSPS) is 12.9. The minimum Gasteiger partial charge on any atom is -0.454 e. The smallest absolute Gasteiger partial charge is 0.253 e. The molecular formula is C18H29N3O3. The molecule has 0 radical (unpaired) electrons. The van der Waals surface area contributed by atoms with Crippen molar-refractivity contribution in [1.29, 1.82) is 0 Å². The van der Waals surface area contributed by atoms with E-state index in [1.807, 2.05) is 17.0 Å². The van der Waals surface area contributed by atoms with Crippen molar-refractivity contribution < 1.29 is 14.3 Å². The van der Waals surface area contributed by atoms with Crippen molar-refractivity contribution >= 4 is 5.91 Å². The van der Waals surface area contributed by atoms with Crippen LogP contribution in [0.25, 0.3) is 0 Å². The first-order valence-corrected chi connectivity index (χ1v) is 8.46. The number of carbonyl (C=O) groups excluding carboxylic acids is 1. The third-order valence-corrected chi connectivity index (χ3v) is 3.97. The van der Waals surface area contributed by atoms with Crippen LogP contribution >= 0.6 is 0 Å². The van der Waals surface area contributed by atoms with Gasteiger partial charge in [0.2, 0.25) is 6.79 Å². The molecule has 6 nitrogen and oxygen atoms in total. The van der Waals surface area contributed by atoms with Gasteiger partial charge in [-0.1, -0.05) is 0 Å². The maximum Gasteiger partial charge on any atom is 0.253 e. The summed E-state index contributed by atoms with van der Waals surface area (Å²) in [5.41, 5.74) is 0.661. The molecular weight excluding hydrogens is 306 g/mol. The zero-order valence-corrected chi connectivity index (χ0v) is 15.2. The van der Waals surface area contributed by atoms with E-state index in [2.05, 4.69) is 38.0 Å². The van der Waals surface area contributed by atoms with Crippen molar-refractivity contribution in [1.82, 2.24) is 14.7 Å².